The van der Waals surface area contributed by atoms with E-state index < -0.39 is 0 Å². The van der Waals surface area contributed by atoms with E-state index in [2.05, 4.69) is 10.2 Å². The van der Waals surface area contributed by atoms with Gasteiger partial charge in [0.1, 0.15) is 11.5 Å². The van der Waals surface area contributed by atoms with Gasteiger partial charge in [0.2, 0.25) is 0 Å². The first kappa shape index (κ1) is 16.7. The number of anilines is 1. The molecule has 1 aliphatic carbocycles. The molecule has 1 aromatic carbocycles. The van der Waals surface area contributed by atoms with E-state index in [9.17, 15) is 4.79 Å². The van der Waals surface area contributed by atoms with Gasteiger partial charge in [0, 0.05) is 38.3 Å². The quantitative estimate of drug-likeness (QED) is 0.920. The number of urea groups is 1. The first-order chi connectivity index (χ1) is 11.7. The fraction of sp³-hybridized carbons (Fsp3) is 0.611. The topological polar surface area (TPSA) is 54.0 Å². The molecule has 1 saturated heterocycles. The lowest BCUT2D eigenvalue weighted by Crippen LogP contribution is -2.53. The Bertz CT molecular complexity index is 565. The largest absolute Gasteiger partial charge is 0.497 e. The van der Waals surface area contributed by atoms with Crippen molar-refractivity contribution >= 4 is 11.7 Å². The smallest absolute Gasteiger partial charge is 0.317 e. The lowest BCUT2D eigenvalue weighted by Gasteiger charge is -2.37. The van der Waals surface area contributed by atoms with Crippen LogP contribution in [0.5, 0.6) is 11.5 Å². The molecule has 132 valence electrons. The summed E-state index contributed by atoms with van der Waals surface area (Å²) in [6, 6.07) is 6.32. The number of ether oxygens (including phenoxy) is 2. The van der Waals surface area contributed by atoms with E-state index >= 15 is 0 Å². The second kappa shape index (κ2) is 7.64. The summed E-state index contributed by atoms with van der Waals surface area (Å²) in [6.45, 7) is 3.07. The molecule has 1 aliphatic heterocycles. The van der Waals surface area contributed by atoms with Gasteiger partial charge in [-0.1, -0.05) is 12.8 Å². The first-order valence-electron chi connectivity index (χ1n) is 8.73. The number of benzene rings is 1. The highest BCUT2D eigenvalue weighted by Crippen LogP contribution is 2.32. The van der Waals surface area contributed by atoms with E-state index in [1.807, 2.05) is 23.1 Å². The highest BCUT2D eigenvalue weighted by molar-refractivity contribution is 5.75. The zero-order valence-electron chi connectivity index (χ0n) is 14.6. The Morgan fingerprint density at radius 3 is 2.42 bits per heavy atom. The van der Waals surface area contributed by atoms with Crippen molar-refractivity contribution in [2.75, 3.05) is 45.3 Å². The van der Waals surface area contributed by atoms with Gasteiger partial charge in [-0.05, 0) is 25.0 Å². The number of hydrogen-bond acceptors (Lipinski definition) is 4. The number of methoxy groups -OCH3 is 2. The number of carbonyl (C=O) groups excluding carboxylic acids is 1. The Balaban J connectivity index is 1.57. The Hall–Kier alpha value is -2.11. The second-order valence-electron chi connectivity index (χ2n) is 6.44. The number of amides is 2. The van der Waals surface area contributed by atoms with Crippen molar-refractivity contribution in [3.8, 4) is 11.5 Å². The average molecular weight is 333 g/mol. The van der Waals surface area contributed by atoms with E-state index in [0.29, 0.717) is 6.04 Å². The molecule has 2 fully saturated rings. The van der Waals surface area contributed by atoms with Crippen molar-refractivity contribution in [1.82, 2.24) is 10.2 Å². The Morgan fingerprint density at radius 2 is 1.79 bits per heavy atom. The van der Waals surface area contributed by atoms with Crippen LogP contribution in [0.15, 0.2) is 18.2 Å². The fourth-order valence-electron chi connectivity index (χ4n) is 3.53. The summed E-state index contributed by atoms with van der Waals surface area (Å²) in [6.07, 6.45) is 4.70. The molecule has 2 aliphatic rings. The van der Waals surface area contributed by atoms with E-state index in [-0.39, 0.29) is 6.03 Å². The molecule has 0 unspecified atom stereocenters. The summed E-state index contributed by atoms with van der Waals surface area (Å²) in [5.74, 6) is 1.59. The molecule has 0 spiro atoms. The monoisotopic (exact) mass is 333 g/mol. The molecule has 6 heteroatoms. The Morgan fingerprint density at radius 1 is 1.08 bits per heavy atom. The highest BCUT2D eigenvalue weighted by atomic mass is 16.5. The van der Waals surface area contributed by atoms with Crippen LogP contribution in [-0.4, -0.2) is 57.4 Å². The second-order valence-corrected chi connectivity index (χ2v) is 6.44. The molecule has 0 radical (unpaired) electrons. The Labute approximate surface area is 143 Å². The molecule has 1 aromatic rings. The number of hydrogen-bond donors (Lipinski definition) is 1. The third-order valence-corrected chi connectivity index (χ3v) is 4.98. The van der Waals surface area contributed by atoms with Gasteiger partial charge in [0.05, 0.1) is 19.9 Å². The molecule has 24 heavy (non-hydrogen) atoms. The van der Waals surface area contributed by atoms with Crippen LogP contribution < -0.4 is 19.7 Å². The average Bonchev–Trinajstić information content (AvgIpc) is 3.14. The number of carbonyl (C=O) groups is 1. The van der Waals surface area contributed by atoms with Crippen LogP contribution in [-0.2, 0) is 0 Å². The molecule has 0 aromatic heterocycles. The molecule has 2 amide bonds. The van der Waals surface area contributed by atoms with E-state index in [0.717, 1.165) is 56.2 Å². The third-order valence-electron chi connectivity index (χ3n) is 4.98. The third kappa shape index (κ3) is 3.68. The standard InChI is InChI=1S/C18H27N3O3/c1-23-15-7-8-16(17(13-15)24-2)20-9-11-21(12-10-20)18(22)19-14-5-3-4-6-14/h7-8,13-14H,3-6,9-12H2,1-2H3,(H,19,22). The fourth-order valence-corrected chi connectivity index (χ4v) is 3.53. The predicted molar refractivity (Wildman–Crippen MR) is 94.1 cm³/mol. The van der Waals surface area contributed by atoms with Crippen molar-refractivity contribution in [1.29, 1.82) is 0 Å². The molecule has 6 nitrogen and oxygen atoms in total. The number of nitrogens with one attached hydrogen (secondary N) is 1. The van der Waals surface area contributed by atoms with Gasteiger partial charge in [0.15, 0.2) is 0 Å². The van der Waals surface area contributed by atoms with Crippen LogP contribution in [0.2, 0.25) is 0 Å². The minimum absolute atomic E-state index is 0.0863. The van der Waals surface area contributed by atoms with Gasteiger partial charge in [-0.3, -0.25) is 0 Å². The first-order valence-corrected chi connectivity index (χ1v) is 8.73. The molecule has 0 atom stereocenters. The van der Waals surface area contributed by atoms with E-state index in [1.165, 1.54) is 12.8 Å². The summed E-state index contributed by atoms with van der Waals surface area (Å²) >= 11 is 0. The van der Waals surface area contributed by atoms with Crippen molar-refractivity contribution < 1.29 is 14.3 Å². The predicted octanol–water partition coefficient (Wildman–Crippen LogP) is 2.48. The van der Waals surface area contributed by atoms with Crippen molar-refractivity contribution in [2.45, 2.75) is 31.7 Å². The van der Waals surface area contributed by atoms with Crippen LogP contribution in [0.4, 0.5) is 10.5 Å². The normalized spacial score (nSPS) is 18.6. The van der Waals surface area contributed by atoms with E-state index in [4.69, 9.17) is 9.47 Å². The van der Waals surface area contributed by atoms with Gasteiger partial charge in [-0.2, -0.15) is 0 Å². The zero-order valence-corrected chi connectivity index (χ0v) is 14.6. The maximum atomic E-state index is 12.4. The SMILES string of the molecule is COc1ccc(N2CCN(C(=O)NC3CCCC3)CC2)c(OC)c1. The van der Waals surface area contributed by atoms with E-state index in [1.54, 1.807) is 14.2 Å². The van der Waals surface area contributed by atoms with Crippen LogP contribution >= 0.6 is 0 Å². The van der Waals surface area contributed by atoms with Crippen molar-refractivity contribution in [3.05, 3.63) is 18.2 Å². The summed E-state index contributed by atoms with van der Waals surface area (Å²) in [5.41, 5.74) is 1.05. The summed E-state index contributed by atoms with van der Waals surface area (Å²) in [5, 5.41) is 3.17. The number of piperazine rings is 1. The molecule has 1 saturated carbocycles. The van der Waals surface area contributed by atoms with Crippen molar-refractivity contribution in [2.24, 2.45) is 0 Å². The highest BCUT2D eigenvalue weighted by Gasteiger charge is 2.25. The number of nitrogens with zero attached hydrogens (tertiary/aromatic N) is 2. The zero-order chi connectivity index (χ0) is 16.9. The van der Waals surface area contributed by atoms with Gasteiger partial charge >= 0.3 is 6.03 Å². The van der Waals surface area contributed by atoms with Crippen molar-refractivity contribution in [3.63, 3.8) is 0 Å². The van der Waals surface area contributed by atoms with Gasteiger partial charge in [-0.15, -0.1) is 0 Å². The minimum atomic E-state index is 0.0863. The molecule has 1 heterocycles. The molecular formula is C18H27N3O3. The molecular weight excluding hydrogens is 306 g/mol. The lowest BCUT2D eigenvalue weighted by molar-refractivity contribution is 0.190. The van der Waals surface area contributed by atoms with Gasteiger partial charge in [-0.25, -0.2) is 4.79 Å². The van der Waals surface area contributed by atoms with Crippen LogP contribution in [0.25, 0.3) is 0 Å². The van der Waals surface area contributed by atoms with Crippen LogP contribution in [0, 0.1) is 0 Å². The summed E-state index contributed by atoms with van der Waals surface area (Å²) in [4.78, 5) is 16.5. The van der Waals surface area contributed by atoms with Gasteiger partial charge < -0.3 is 24.6 Å². The maximum Gasteiger partial charge on any atom is 0.317 e. The Kier molecular flexibility index (Phi) is 5.33. The van der Waals surface area contributed by atoms with Crippen LogP contribution in [0.1, 0.15) is 25.7 Å². The maximum absolute atomic E-state index is 12.4. The summed E-state index contributed by atoms with van der Waals surface area (Å²) in [7, 11) is 3.32. The van der Waals surface area contributed by atoms with Gasteiger partial charge in [0.25, 0.3) is 0 Å². The summed E-state index contributed by atoms with van der Waals surface area (Å²) < 4.78 is 10.7. The molecule has 0 bridgehead atoms. The van der Waals surface area contributed by atoms with Crippen LogP contribution in [0.3, 0.4) is 0 Å². The minimum Gasteiger partial charge on any atom is -0.497 e. The number of rotatable bonds is 4. The molecule has 3 rings (SSSR count). The molecule has 1 N–H and O–H groups in total. The lowest BCUT2D eigenvalue weighted by atomic mass is 10.2.